The lowest BCUT2D eigenvalue weighted by Crippen LogP contribution is -2.01. The molecule has 1 aromatic rings. The molecule has 2 heteroatoms. The van der Waals surface area contributed by atoms with E-state index in [1.807, 2.05) is 32.9 Å². The van der Waals surface area contributed by atoms with Crippen molar-refractivity contribution in [1.82, 2.24) is 0 Å². The SMILES string of the molecule is CCC(C=O)c1cc(C)c(OC)c(C)c1. The number of carbonyl (C=O) groups excluding carboxylic acids is 1. The highest BCUT2D eigenvalue weighted by Crippen LogP contribution is 2.28. The van der Waals surface area contributed by atoms with Gasteiger partial charge in [0, 0.05) is 5.92 Å². The molecule has 1 atom stereocenters. The average Bonchev–Trinajstić information content (AvgIpc) is 2.19. The molecular formula is C13H18O2. The van der Waals surface area contributed by atoms with Gasteiger partial charge in [0.2, 0.25) is 0 Å². The van der Waals surface area contributed by atoms with Crippen LogP contribution in [0.15, 0.2) is 12.1 Å². The zero-order valence-electron chi connectivity index (χ0n) is 9.83. The molecule has 0 fully saturated rings. The Bertz CT molecular complexity index is 333. The fourth-order valence-corrected chi connectivity index (χ4v) is 1.93. The van der Waals surface area contributed by atoms with Crippen molar-refractivity contribution in [3.05, 3.63) is 28.8 Å². The second-order valence-corrected chi connectivity index (χ2v) is 3.84. The van der Waals surface area contributed by atoms with Gasteiger partial charge in [-0.3, -0.25) is 0 Å². The van der Waals surface area contributed by atoms with Crippen LogP contribution in [0, 0.1) is 13.8 Å². The smallest absolute Gasteiger partial charge is 0.127 e. The second-order valence-electron chi connectivity index (χ2n) is 3.84. The number of ether oxygens (including phenoxy) is 1. The highest BCUT2D eigenvalue weighted by atomic mass is 16.5. The maximum atomic E-state index is 10.9. The Hall–Kier alpha value is -1.31. The number of hydrogen-bond acceptors (Lipinski definition) is 2. The van der Waals surface area contributed by atoms with Crippen LogP contribution in [0.2, 0.25) is 0 Å². The lowest BCUT2D eigenvalue weighted by Gasteiger charge is -2.14. The number of aryl methyl sites for hydroxylation is 2. The van der Waals surface area contributed by atoms with Crippen LogP contribution in [-0.2, 0) is 4.79 Å². The fraction of sp³-hybridized carbons (Fsp3) is 0.462. The van der Waals surface area contributed by atoms with Crippen molar-refractivity contribution >= 4 is 6.29 Å². The molecule has 0 bridgehead atoms. The van der Waals surface area contributed by atoms with Gasteiger partial charge < -0.3 is 9.53 Å². The van der Waals surface area contributed by atoms with E-state index in [4.69, 9.17) is 4.74 Å². The Labute approximate surface area is 91.3 Å². The molecule has 0 aliphatic rings. The first-order valence-corrected chi connectivity index (χ1v) is 5.24. The van der Waals surface area contributed by atoms with E-state index in [1.54, 1.807) is 7.11 Å². The minimum atomic E-state index is 0.00769. The summed E-state index contributed by atoms with van der Waals surface area (Å²) < 4.78 is 5.29. The summed E-state index contributed by atoms with van der Waals surface area (Å²) in [6, 6.07) is 4.07. The highest BCUT2D eigenvalue weighted by molar-refractivity contribution is 5.63. The van der Waals surface area contributed by atoms with Crippen LogP contribution >= 0.6 is 0 Å². The van der Waals surface area contributed by atoms with E-state index < -0.39 is 0 Å². The van der Waals surface area contributed by atoms with Gasteiger partial charge in [-0.25, -0.2) is 0 Å². The van der Waals surface area contributed by atoms with Crippen molar-refractivity contribution in [2.45, 2.75) is 33.1 Å². The molecule has 1 unspecified atom stereocenters. The third kappa shape index (κ3) is 2.38. The molecule has 0 N–H and O–H groups in total. The molecule has 2 nitrogen and oxygen atoms in total. The monoisotopic (exact) mass is 206 g/mol. The number of hydrogen-bond donors (Lipinski definition) is 0. The molecule has 0 radical (unpaired) electrons. The van der Waals surface area contributed by atoms with E-state index >= 15 is 0 Å². The third-order valence-electron chi connectivity index (χ3n) is 2.72. The number of rotatable bonds is 4. The number of aldehydes is 1. The van der Waals surface area contributed by atoms with Gasteiger partial charge in [0.25, 0.3) is 0 Å². The second kappa shape index (κ2) is 4.96. The zero-order valence-corrected chi connectivity index (χ0v) is 9.83. The summed E-state index contributed by atoms with van der Waals surface area (Å²) in [5.41, 5.74) is 3.27. The lowest BCUT2D eigenvalue weighted by atomic mass is 9.94. The number of carbonyl (C=O) groups is 1. The van der Waals surface area contributed by atoms with Gasteiger partial charge >= 0.3 is 0 Å². The van der Waals surface area contributed by atoms with Crippen LogP contribution in [0.1, 0.15) is 36.0 Å². The quantitative estimate of drug-likeness (QED) is 0.708. The Morgan fingerprint density at radius 3 is 2.20 bits per heavy atom. The average molecular weight is 206 g/mol. The molecule has 82 valence electrons. The summed E-state index contributed by atoms with van der Waals surface area (Å²) in [5, 5.41) is 0. The molecule has 1 rings (SSSR count). The van der Waals surface area contributed by atoms with Crippen molar-refractivity contribution in [2.24, 2.45) is 0 Å². The summed E-state index contributed by atoms with van der Waals surface area (Å²) in [7, 11) is 1.67. The van der Waals surface area contributed by atoms with Crippen LogP contribution in [0.25, 0.3) is 0 Å². The predicted molar refractivity (Wildman–Crippen MR) is 61.6 cm³/mol. The van der Waals surface area contributed by atoms with E-state index in [-0.39, 0.29) is 5.92 Å². The van der Waals surface area contributed by atoms with E-state index in [2.05, 4.69) is 0 Å². The topological polar surface area (TPSA) is 26.3 Å². The first-order valence-electron chi connectivity index (χ1n) is 5.24. The van der Waals surface area contributed by atoms with E-state index in [9.17, 15) is 4.79 Å². The normalized spacial score (nSPS) is 12.3. The minimum absolute atomic E-state index is 0.00769. The predicted octanol–water partition coefficient (Wildman–Crippen LogP) is 3.00. The Morgan fingerprint density at radius 2 is 1.87 bits per heavy atom. The first kappa shape index (κ1) is 11.8. The van der Waals surface area contributed by atoms with Gasteiger partial charge in [-0.15, -0.1) is 0 Å². The van der Waals surface area contributed by atoms with Gasteiger partial charge in [-0.05, 0) is 37.0 Å². The largest absolute Gasteiger partial charge is 0.496 e. The molecule has 0 saturated carbocycles. The molecule has 0 aromatic heterocycles. The molecular weight excluding hydrogens is 188 g/mol. The van der Waals surface area contributed by atoms with Crippen molar-refractivity contribution in [2.75, 3.05) is 7.11 Å². The first-order chi connectivity index (χ1) is 7.13. The maximum Gasteiger partial charge on any atom is 0.127 e. The highest BCUT2D eigenvalue weighted by Gasteiger charge is 2.11. The summed E-state index contributed by atoms with van der Waals surface area (Å²) >= 11 is 0. The summed E-state index contributed by atoms with van der Waals surface area (Å²) in [4.78, 5) is 10.9. The summed E-state index contributed by atoms with van der Waals surface area (Å²) in [6.07, 6.45) is 1.86. The van der Waals surface area contributed by atoms with Crippen LogP contribution in [0.4, 0.5) is 0 Å². The van der Waals surface area contributed by atoms with E-state index in [0.29, 0.717) is 0 Å². The van der Waals surface area contributed by atoms with Gasteiger partial charge in [0.1, 0.15) is 12.0 Å². The molecule has 0 amide bonds. The maximum absolute atomic E-state index is 10.9. The Balaban J connectivity index is 3.18. The van der Waals surface area contributed by atoms with Crippen molar-refractivity contribution in [3.8, 4) is 5.75 Å². The lowest BCUT2D eigenvalue weighted by molar-refractivity contribution is -0.109. The van der Waals surface area contributed by atoms with Crippen LogP contribution in [0.3, 0.4) is 0 Å². The molecule has 0 aliphatic carbocycles. The Morgan fingerprint density at radius 1 is 1.33 bits per heavy atom. The molecule has 0 saturated heterocycles. The van der Waals surface area contributed by atoms with Crippen LogP contribution in [-0.4, -0.2) is 13.4 Å². The minimum Gasteiger partial charge on any atom is -0.496 e. The van der Waals surface area contributed by atoms with Gasteiger partial charge in [-0.1, -0.05) is 19.1 Å². The van der Waals surface area contributed by atoms with Crippen molar-refractivity contribution in [3.63, 3.8) is 0 Å². The van der Waals surface area contributed by atoms with Crippen molar-refractivity contribution in [1.29, 1.82) is 0 Å². The molecule has 0 heterocycles. The number of methoxy groups -OCH3 is 1. The molecule has 0 spiro atoms. The van der Waals surface area contributed by atoms with Crippen LogP contribution < -0.4 is 4.74 Å². The standard InChI is InChI=1S/C13H18O2/c1-5-11(8-14)12-6-9(2)13(15-4)10(3)7-12/h6-8,11H,5H2,1-4H3. The fourth-order valence-electron chi connectivity index (χ4n) is 1.93. The van der Waals surface area contributed by atoms with Crippen LogP contribution in [0.5, 0.6) is 5.75 Å². The Kier molecular flexibility index (Phi) is 3.89. The summed E-state index contributed by atoms with van der Waals surface area (Å²) in [5.74, 6) is 0.924. The van der Waals surface area contributed by atoms with Crippen molar-refractivity contribution < 1.29 is 9.53 Å². The molecule has 15 heavy (non-hydrogen) atoms. The number of benzene rings is 1. The third-order valence-corrected chi connectivity index (χ3v) is 2.72. The van der Waals surface area contributed by atoms with Gasteiger partial charge in [0.15, 0.2) is 0 Å². The summed E-state index contributed by atoms with van der Waals surface area (Å²) in [6.45, 7) is 6.04. The van der Waals surface area contributed by atoms with E-state index in [1.165, 1.54) is 0 Å². The molecule has 0 aliphatic heterocycles. The van der Waals surface area contributed by atoms with Gasteiger partial charge in [-0.2, -0.15) is 0 Å². The molecule has 1 aromatic carbocycles. The van der Waals surface area contributed by atoms with E-state index in [0.717, 1.165) is 35.1 Å². The van der Waals surface area contributed by atoms with Gasteiger partial charge in [0.05, 0.1) is 7.11 Å². The zero-order chi connectivity index (χ0) is 11.4.